The molecule has 6 nitrogen and oxygen atoms in total. The highest BCUT2D eigenvalue weighted by Crippen LogP contribution is 2.45. The Morgan fingerprint density at radius 1 is 1.42 bits per heavy atom. The van der Waals surface area contributed by atoms with Crippen LogP contribution in [0, 0.1) is 5.41 Å². The summed E-state index contributed by atoms with van der Waals surface area (Å²) in [5.74, 6) is 0.917. The van der Waals surface area contributed by atoms with Crippen LogP contribution in [0.4, 0.5) is 0 Å². The summed E-state index contributed by atoms with van der Waals surface area (Å²) in [7, 11) is 0. The molecule has 1 aliphatic rings. The molecule has 4 rings (SSSR count). The molecule has 2 aromatic heterocycles. The molecule has 0 spiro atoms. The number of fused-ring (bicyclic) bond motifs is 1. The number of carbonyl (C=O) groups is 1. The summed E-state index contributed by atoms with van der Waals surface area (Å²) in [6.07, 6.45) is 3.68. The van der Waals surface area contributed by atoms with E-state index in [1.807, 2.05) is 25.1 Å². The van der Waals surface area contributed by atoms with Crippen LogP contribution in [-0.2, 0) is 17.9 Å². The number of nitrogens with zero attached hydrogens (tertiary/aromatic N) is 2. The summed E-state index contributed by atoms with van der Waals surface area (Å²) in [6.45, 7) is 2.93. The summed E-state index contributed by atoms with van der Waals surface area (Å²) < 4.78 is 13.8. The molecule has 1 fully saturated rings. The third-order valence-electron chi connectivity index (χ3n) is 4.43. The Hall–Kier alpha value is -2.41. The monoisotopic (exact) mass is 342 g/mol. The Bertz CT molecular complexity index is 868. The number of hydrogen-bond donors (Lipinski definition) is 2. The fourth-order valence-electron chi connectivity index (χ4n) is 2.56. The van der Waals surface area contributed by atoms with Gasteiger partial charge in [-0.1, -0.05) is 6.92 Å². The lowest BCUT2D eigenvalue weighted by Crippen LogP contribution is -2.29. The van der Waals surface area contributed by atoms with Crippen LogP contribution in [0.2, 0.25) is 0 Å². The van der Waals surface area contributed by atoms with Gasteiger partial charge in [0.15, 0.2) is 0 Å². The van der Waals surface area contributed by atoms with E-state index in [0.29, 0.717) is 13.2 Å². The molecule has 1 aromatic carbocycles. The quantitative estimate of drug-likeness (QED) is 0.722. The van der Waals surface area contributed by atoms with Gasteiger partial charge in [0, 0.05) is 22.7 Å². The zero-order chi connectivity index (χ0) is 16.6. The Morgan fingerprint density at radius 2 is 2.29 bits per heavy atom. The summed E-state index contributed by atoms with van der Waals surface area (Å²) in [5, 5.41) is 4.10. The molecule has 0 unspecified atom stereocenters. The van der Waals surface area contributed by atoms with Crippen molar-refractivity contribution < 1.29 is 9.53 Å². The summed E-state index contributed by atoms with van der Waals surface area (Å²) in [4.78, 5) is 15.3. The minimum Gasteiger partial charge on any atom is -0.487 e. The first kappa shape index (κ1) is 15.1. The molecule has 0 bridgehead atoms. The lowest BCUT2D eigenvalue weighted by atomic mass is 10.1. The first-order valence-electron chi connectivity index (χ1n) is 7.92. The number of aromatic nitrogens is 3. The molecular formula is C17H18N4O2S. The van der Waals surface area contributed by atoms with E-state index < -0.39 is 0 Å². The van der Waals surface area contributed by atoms with Crippen molar-refractivity contribution in [3.8, 4) is 5.75 Å². The van der Waals surface area contributed by atoms with Gasteiger partial charge in [-0.25, -0.2) is 0 Å². The van der Waals surface area contributed by atoms with E-state index in [-0.39, 0.29) is 11.3 Å². The molecule has 24 heavy (non-hydrogen) atoms. The molecule has 3 aromatic rings. The fourth-order valence-corrected chi connectivity index (χ4v) is 2.98. The zero-order valence-electron chi connectivity index (χ0n) is 13.3. The van der Waals surface area contributed by atoms with Crippen molar-refractivity contribution in [2.45, 2.75) is 32.9 Å². The van der Waals surface area contributed by atoms with Gasteiger partial charge in [0.25, 0.3) is 0 Å². The van der Waals surface area contributed by atoms with Crippen molar-refractivity contribution >= 4 is 28.5 Å². The molecule has 0 aliphatic heterocycles. The third-order valence-corrected chi connectivity index (χ3v) is 4.95. The molecule has 2 heterocycles. The van der Waals surface area contributed by atoms with E-state index in [1.54, 1.807) is 6.20 Å². The van der Waals surface area contributed by atoms with E-state index >= 15 is 0 Å². The van der Waals surface area contributed by atoms with Crippen LogP contribution < -0.4 is 10.1 Å². The number of ether oxygens (including phenoxy) is 1. The van der Waals surface area contributed by atoms with Crippen LogP contribution in [0.1, 0.15) is 31.2 Å². The van der Waals surface area contributed by atoms with Crippen molar-refractivity contribution in [2.24, 2.45) is 5.41 Å². The van der Waals surface area contributed by atoms with Gasteiger partial charge >= 0.3 is 0 Å². The van der Waals surface area contributed by atoms with Gasteiger partial charge in [-0.2, -0.15) is 8.75 Å². The van der Waals surface area contributed by atoms with Crippen LogP contribution in [0.15, 0.2) is 30.5 Å². The minimum atomic E-state index is -0.141. The number of rotatable bonds is 6. The predicted molar refractivity (Wildman–Crippen MR) is 91.7 cm³/mol. The number of H-pyrrole nitrogens is 1. The van der Waals surface area contributed by atoms with Gasteiger partial charge in [-0.05, 0) is 36.4 Å². The Balaban J connectivity index is 1.42. The number of carbonyl (C=O) groups excluding carboxylic acids is 1. The highest BCUT2D eigenvalue weighted by molar-refractivity contribution is 6.99. The fraction of sp³-hybridized carbons (Fsp3) is 0.353. The number of amides is 1. The number of hydrogen-bond acceptors (Lipinski definition) is 5. The van der Waals surface area contributed by atoms with Crippen LogP contribution in [0.3, 0.4) is 0 Å². The van der Waals surface area contributed by atoms with Crippen LogP contribution >= 0.6 is 11.7 Å². The van der Waals surface area contributed by atoms with Gasteiger partial charge in [-0.3, -0.25) is 4.79 Å². The molecule has 2 N–H and O–H groups in total. The zero-order valence-corrected chi connectivity index (χ0v) is 14.2. The lowest BCUT2D eigenvalue weighted by Gasteiger charge is -2.08. The van der Waals surface area contributed by atoms with Gasteiger partial charge in [-0.15, -0.1) is 0 Å². The normalized spacial score (nSPS) is 15.4. The van der Waals surface area contributed by atoms with E-state index in [2.05, 4.69) is 25.1 Å². The van der Waals surface area contributed by atoms with Gasteiger partial charge < -0.3 is 15.0 Å². The summed E-state index contributed by atoms with van der Waals surface area (Å²) >= 11 is 1.17. The maximum atomic E-state index is 12.0. The van der Waals surface area contributed by atoms with Crippen molar-refractivity contribution in [1.29, 1.82) is 0 Å². The molecule has 1 aliphatic carbocycles. The minimum absolute atomic E-state index is 0.141. The average Bonchev–Trinajstić information content (AvgIpc) is 3.03. The summed E-state index contributed by atoms with van der Waals surface area (Å²) in [6, 6.07) is 7.96. The number of aromatic amines is 1. The lowest BCUT2D eigenvalue weighted by molar-refractivity contribution is -0.125. The first-order valence-corrected chi connectivity index (χ1v) is 8.65. The van der Waals surface area contributed by atoms with E-state index in [1.165, 1.54) is 11.7 Å². The SMILES string of the molecule is CC1(C(=O)NCc2cc3ccc(OCc4cnsn4)cc3[nH]2)CC1. The van der Waals surface area contributed by atoms with Gasteiger partial charge in [0.05, 0.1) is 24.5 Å². The van der Waals surface area contributed by atoms with E-state index in [9.17, 15) is 4.79 Å². The summed E-state index contributed by atoms with van der Waals surface area (Å²) in [5.41, 5.74) is 2.66. The molecule has 0 saturated heterocycles. The van der Waals surface area contributed by atoms with Crippen molar-refractivity contribution in [3.05, 3.63) is 41.9 Å². The molecule has 0 atom stereocenters. The second-order valence-electron chi connectivity index (χ2n) is 6.47. The first-order chi connectivity index (χ1) is 11.6. The average molecular weight is 342 g/mol. The molecule has 1 amide bonds. The third kappa shape index (κ3) is 3.12. The largest absolute Gasteiger partial charge is 0.487 e. The van der Waals surface area contributed by atoms with Crippen molar-refractivity contribution in [1.82, 2.24) is 19.0 Å². The molecular weight excluding hydrogens is 324 g/mol. The highest BCUT2D eigenvalue weighted by atomic mass is 32.1. The van der Waals surface area contributed by atoms with Gasteiger partial charge in [0.1, 0.15) is 18.1 Å². The van der Waals surface area contributed by atoms with Crippen LogP contribution in [-0.4, -0.2) is 19.6 Å². The van der Waals surface area contributed by atoms with Crippen molar-refractivity contribution in [3.63, 3.8) is 0 Å². The van der Waals surface area contributed by atoms with Crippen LogP contribution in [0.25, 0.3) is 10.9 Å². The maximum Gasteiger partial charge on any atom is 0.226 e. The van der Waals surface area contributed by atoms with Crippen molar-refractivity contribution in [2.75, 3.05) is 0 Å². The molecule has 124 valence electrons. The Kier molecular flexibility index (Phi) is 3.72. The molecule has 0 radical (unpaired) electrons. The van der Waals surface area contributed by atoms with E-state index in [4.69, 9.17) is 4.74 Å². The van der Waals surface area contributed by atoms with E-state index in [0.717, 1.165) is 40.9 Å². The topological polar surface area (TPSA) is 79.9 Å². The molecule has 1 saturated carbocycles. The highest BCUT2D eigenvalue weighted by Gasteiger charge is 2.44. The second-order valence-corrected chi connectivity index (χ2v) is 7.03. The van der Waals surface area contributed by atoms with Crippen LogP contribution in [0.5, 0.6) is 5.75 Å². The number of nitrogens with one attached hydrogen (secondary N) is 2. The number of benzene rings is 1. The van der Waals surface area contributed by atoms with Gasteiger partial charge in [0.2, 0.25) is 5.91 Å². The Morgan fingerprint density at radius 3 is 3.04 bits per heavy atom. The predicted octanol–water partition coefficient (Wildman–Crippen LogP) is 3.01. The second kappa shape index (κ2) is 5.90. The maximum absolute atomic E-state index is 12.0. The standard InChI is InChI=1S/C17H18N4O2S/c1-17(4-5-17)16(22)18-8-12-6-11-2-3-14(7-15(11)20-12)23-10-13-9-19-24-21-13/h2-3,6-7,9,20H,4-5,8,10H2,1H3,(H,18,22). The smallest absolute Gasteiger partial charge is 0.226 e. The molecule has 7 heteroatoms. The Labute approximate surface area is 143 Å².